The minimum atomic E-state index is -0.287. The Bertz CT molecular complexity index is 648. The third-order valence-electron chi connectivity index (χ3n) is 5.64. The van der Waals surface area contributed by atoms with Crippen LogP contribution < -0.4 is 16.0 Å². The van der Waals surface area contributed by atoms with Crippen LogP contribution in [0.4, 0.5) is 5.69 Å². The zero-order valence-electron chi connectivity index (χ0n) is 15.6. The van der Waals surface area contributed by atoms with Crippen molar-refractivity contribution in [2.45, 2.75) is 51.5 Å². The summed E-state index contributed by atoms with van der Waals surface area (Å²) in [6, 6.07) is 8.11. The highest BCUT2D eigenvalue weighted by molar-refractivity contribution is 6.01. The summed E-state index contributed by atoms with van der Waals surface area (Å²) in [6.45, 7) is 5.25. The van der Waals surface area contributed by atoms with Gasteiger partial charge in [-0.1, -0.05) is 32.0 Å². The molecular formula is C20H30ClN3O2. The lowest BCUT2D eigenvalue weighted by molar-refractivity contribution is -0.127. The number of para-hydroxylation sites is 1. The molecule has 0 spiro atoms. The molecule has 26 heavy (non-hydrogen) atoms. The van der Waals surface area contributed by atoms with Crippen LogP contribution >= 0.6 is 12.4 Å². The van der Waals surface area contributed by atoms with E-state index >= 15 is 0 Å². The number of anilines is 1. The lowest BCUT2D eigenvalue weighted by Crippen LogP contribution is -2.45. The molecule has 6 heteroatoms. The Balaban J connectivity index is 0.00000243. The predicted octanol–water partition coefficient (Wildman–Crippen LogP) is 2.83. The molecule has 2 aliphatic rings. The van der Waals surface area contributed by atoms with Crippen molar-refractivity contribution in [1.29, 1.82) is 0 Å². The summed E-state index contributed by atoms with van der Waals surface area (Å²) < 4.78 is 0. The van der Waals surface area contributed by atoms with E-state index in [2.05, 4.69) is 25.2 Å². The molecule has 3 unspecified atom stereocenters. The van der Waals surface area contributed by atoms with E-state index in [0.717, 1.165) is 24.9 Å². The van der Waals surface area contributed by atoms with E-state index in [0.29, 0.717) is 24.9 Å². The van der Waals surface area contributed by atoms with Gasteiger partial charge in [0.25, 0.3) is 0 Å². The molecule has 5 nitrogen and oxygen atoms in total. The van der Waals surface area contributed by atoms with E-state index in [1.165, 1.54) is 5.56 Å². The summed E-state index contributed by atoms with van der Waals surface area (Å²) in [5.41, 5.74) is 7.91. The number of halogens is 1. The van der Waals surface area contributed by atoms with Gasteiger partial charge in [0, 0.05) is 31.2 Å². The van der Waals surface area contributed by atoms with Crippen molar-refractivity contribution >= 4 is 29.9 Å². The van der Waals surface area contributed by atoms with Gasteiger partial charge in [-0.3, -0.25) is 9.59 Å². The van der Waals surface area contributed by atoms with E-state index in [1.54, 1.807) is 4.90 Å². The summed E-state index contributed by atoms with van der Waals surface area (Å²) in [5.74, 6) is 0.623. The molecule has 0 radical (unpaired) electrons. The van der Waals surface area contributed by atoms with Crippen LogP contribution in [0.2, 0.25) is 0 Å². The van der Waals surface area contributed by atoms with Crippen LogP contribution in [0.25, 0.3) is 0 Å². The smallest absolute Gasteiger partial charge is 0.227 e. The van der Waals surface area contributed by atoms with Crippen molar-refractivity contribution in [2.24, 2.45) is 17.6 Å². The number of hydrogen-bond donors (Lipinski definition) is 2. The van der Waals surface area contributed by atoms with Gasteiger partial charge in [0.1, 0.15) is 0 Å². The second-order valence-electron chi connectivity index (χ2n) is 7.46. The van der Waals surface area contributed by atoms with Crippen LogP contribution in [-0.2, 0) is 9.59 Å². The van der Waals surface area contributed by atoms with Crippen molar-refractivity contribution < 1.29 is 9.59 Å². The number of amides is 2. The standard InChI is InChI=1S/C20H29N3O2.ClH/c1-3-13(2)16-6-4-5-7-18(16)23-12-15(10-19(23)24)20(25)22-17(11-21)14-8-9-14;/h4-7,13-15,17H,3,8-12,21H2,1-2H3,(H,22,25);1H. The molecule has 2 amide bonds. The number of carbonyl (C=O) groups excluding carboxylic acids is 2. The van der Waals surface area contributed by atoms with Crippen molar-refractivity contribution in [2.75, 3.05) is 18.0 Å². The van der Waals surface area contributed by atoms with E-state index in [9.17, 15) is 9.59 Å². The highest BCUT2D eigenvalue weighted by Gasteiger charge is 2.38. The molecule has 1 saturated carbocycles. The molecule has 1 aliphatic heterocycles. The van der Waals surface area contributed by atoms with Crippen LogP contribution in [0.3, 0.4) is 0 Å². The average Bonchev–Trinajstić information content (AvgIpc) is 3.40. The SMILES string of the molecule is CCC(C)c1ccccc1N1CC(C(=O)NC(CN)C2CC2)CC1=O.Cl. The molecule has 2 fully saturated rings. The van der Waals surface area contributed by atoms with Gasteiger partial charge >= 0.3 is 0 Å². The molecule has 1 saturated heterocycles. The molecule has 1 aromatic carbocycles. The number of nitrogens with one attached hydrogen (secondary N) is 1. The second-order valence-corrected chi connectivity index (χ2v) is 7.46. The van der Waals surface area contributed by atoms with E-state index in [4.69, 9.17) is 5.73 Å². The minimum Gasteiger partial charge on any atom is -0.352 e. The third kappa shape index (κ3) is 4.38. The molecule has 3 atom stereocenters. The van der Waals surface area contributed by atoms with Crippen molar-refractivity contribution in [3.63, 3.8) is 0 Å². The van der Waals surface area contributed by atoms with Gasteiger partial charge in [-0.15, -0.1) is 12.4 Å². The van der Waals surface area contributed by atoms with E-state index < -0.39 is 0 Å². The van der Waals surface area contributed by atoms with Crippen LogP contribution in [0.15, 0.2) is 24.3 Å². The molecule has 1 aliphatic carbocycles. The first-order valence-electron chi connectivity index (χ1n) is 9.44. The number of benzene rings is 1. The molecular weight excluding hydrogens is 350 g/mol. The summed E-state index contributed by atoms with van der Waals surface area (Å²) in [4.78, 5) is 27.0. The monoisotopic (exact) mass is 379 g/mol. The zero-order chi connectivity index (χ0) is 18.0. The maximum absolute atomic E-state index is 12.6. The second kappa shape index (κ2) is 8.87. The Labute approximate surface area is 162 Å². The average molecular weight is 380 g/mol. The predicted molar refractivity (Wildman–Crippen MR) is 107 cm³/mol. The summed E-state index contributed by atoms with van der Waals surface area (Å²) in [7, 11) is 0. The molecule has 1 heterocycles. The Morgan fingerprint density at radius 1 is 1.35 bits per heavy atom. The van der Waals surface area contributed by atoms with Crippen LogP contribution in [-0.4, -0.2) is 30.9 Å². The van der Waals surface area contributed by atoms with Gasteiger partial charge in [0.15, 0.2) is 0 Å². The molecule has 3 rings (SSSR count). The number of nitrogens with zero attached hydrogens (tertiary/aromatic N) is 1. The Kier molecular flexibility index (Phi) is 7.07. The lowest BCUT2D eigenvalue weighted by atomic mass is 9.96. The van der Waals surface area contributed by atoms with Crippen LogP contribution in [0.1, 0.15) is 51.0 Å². The number of hydrogen-bond acceptors (Lipinski definition) is 3. The first-order valence-corrected chi connectivity index (χ1v) is 9.44. The maximum atomic E-state index is 12.6. The normalized spacial score (nSPS) is 21.9. The highest BCUT2D eigenvalue weighted by atomic mass is 35.5. The van der Waals surface area contributed by atoms with Crippen LogP contribution in [0, 0.1) is 11.8 Å². The molecule has 0 bridgehead atoms. The summed E-state index contributed by atoms with van der Waals surface area (Å²) >= 11 is 0. The van der Waals surface area contributed by atoms with Gasteiger partial charge in [-0.05, 0) is 42.7 Å². The number of rotatable bonds is 7. The minimum absolute atomic E-state index is 0. The van der Waals surface area contributed by atoms with Crippen molar-refractivity contribution in [1.82, 2.24) is 5.32 Å². The fraction of sp³-hybridized carbons (Fsp3) is 0.600. The summed E-state index contributed by atoms with van der Waals surface area (Å²) in [5, 5.41) is 3.07. The molecule has 1 aromatic rings. The van der Waals surface area contributed by atoms with Gasteiger partial charge < -0.3 is 16.0 Å². The first-order chi connectivity index (χ1) is 12.0. The summed E-state index contributed by atoms with van der Waals surface area (Å²) in [6.07, 6.45) is 3.57. The molecule has 3 N–H and O–H groups in total. The number of carbonyl (C=O) groups is 2. The largest absolute Gasteiger partial charge is 0.352 e. The Morgan fingerprint density at radius 3 is 2.65 bits per heavy atom. The van der Waals surface area contributed by atoms with E-state index in [1.807, 2.05) is 18.2 Å². The van der Waals surface area contributed by atoms with Crippen molar-refractivity contribution in [3.05, 3.63) is 29.8 Å². The first kappa shape index (κ1) is 20.7. The quantitative estimate of drug-likeness (QED) is 0.764. The topological polar surface area (TPSA) is 75.4 Å². The highest BCUT2D eigenvalue weighted by Crippen LogP contribution is 2.35. The van der Waals surface area contributed by atoms with Gasteiger partial charge in [0.05, 0.1) is 5.92 Å². The fourth-order valence-corrected chi connectivity index (χ4v) is 3.65. The molecule has 0 aromatic heterocycles. The number of nitrogens with two attached hydrogens (primary N) is 1. The third-order valence-corrected chi connectivity index (χ3v) is 5.64. The molecule has 144 valence electrons. The Hall–Kier alpha value is -1.59. The fourth-order valence-electron chi connectivity index (χ4n) is 3.65. The van der Waals surface area contributed by atoms with Gasteiger partial charge in [0.2, 0.25) is 11.8 Å². The maximum Gasteiger partial charge on any atom is 0.227 e. The van der Waals surface area contributed by atoms with Gasteiger partial charge in [-0.2, -0.15) is 0 Å². The van der Waals surface area contributed by atoms with Crippen LogP contribution in [0.5, 0.6) is 0 Å². The lowest BCUT2D eigenvalue weighted by Gasteiger charge is -2.23. The van der Waals surface area contributed by atoms with Crippen molar-refractivity contribution in [3.8, 4) is 0 Å². The van der Waals surface area contributed by atoms with E-state index in [-0.39, 0.29) is 42.6 Å². The zero-order valence-corrected chi connectivity index (χ0v) is 16.4. The Morgan fingerprint density at radius 2 is 2.04 bits per heavy atom. The van der Waals surface area contributed by atoms with Gasteiger partial charge in [-0.25, -0.2) is 0 Å².